The fourth-order valence-corrected chi connectivity index (χ4v) is 1.70. The summed E-state index contributed by atoms with van der Waals surface area (Å²) in [6.07, 6.45) is 2.07. The lowest BCUT2D eigenvalue weighted by Crippen LogP contribution is -1.99. The van der Waals surface area contributed by atoms with Crippen LogP contribution in [0.25, 0.3) is 0 Å². The van der Waals surface area contributed by atoms with E-state index in [0.717, 1.165) is 16.8 Å². The van der Waals surface area contributed by atoms with Crippen molar-refractivity contribution in [1.29, 1.82) is 0 Å². The molecular formula is C10H15NSi. The van der Waals surface area contributed by atoms with Crippen molar-refractivity contribution in [3.8, 4) is 0 Å². The third-order valence-corrected chi connectivity index (χ3v) is 2.80. The summed E-state index contributed by atoms with van der Waals surface area (Å²) in [5.74, 6) is 0. The molecule has 0 amide bonds. The third kappa shape index (κ3) is 2.62. The molecule has 2 heteroatoms. The van der Waals surface area contributed by atoms with Gasteiger partial charge >= 0.3 is 0 Å². The number of hydrogen-bond acceptors (Lipinski definition) is 1. The first-order valence-corrected chi connectivity index (χ1v) is 5.55. The molecule has 1 nitrogen and oxygen atoms in total. The van der Waals surface area contributed by atoms with Gasteiger partial charge in [0.05, 0.1) is 0 Å². The van der Waals surface area contributed by atoms with Crippen molar-refractivity contribution < 1.29 is 0 Å². The topological polar surface area (TPSA) is 12.4 Å². The highest BCUT2D eigenvalue weighted by molar-refractivity contribution is 6.21. The van der Waals surface area contributed by atoms with Gasteiger partial charge in [0.1, 0.15) is 0 Å². The molecular weight excluding hydrogens is 162 g/mol. The average molecular weight is 177 g/mol. The van der Waals surface area contributed by atoms with Gasteiger partial charge in [0.25, 0.3) is 0 Å². The first-order chi connectivity index (χ1) is 5.84. The van der Waals surface area contributed by atoms with E-state index in [9.17, 15) is 0 Å². The van der Waals surface area contributed by atoms with Gasteiger partial charge < -0.3 is 0 Å². The molecule has 0 saturated carbocycles. The molecule has 64 valence electrons. The van der Waals surface area contributed by atoms with Crippen LogP contribution in [-0.4, -0.2) is 23.0 Å². The van der Waals surface area contributed by atoms with E-state index < -0.39 is 0 Å². The fraction of sp³-hybridized carbons (Fsp3) is 0.300. The molecule has 1 aromatic rings. The molecule has 0 fully saturated rings. The molecule has 1 rings (SSSR count). The number of aliphatic imine (C=N–C) groups is 1. The number of benzene rings is 1. The van der Waals surface area contributed by atoms with Gasteiger partial charge in [-0.1, -0.05) is 30.3 Å². The van der Waals surface area contributed by atoms with E-state index in [1.807, 2.05) is 0 Å². The summed E-state index contributed by atoms with van der Waals surface area (Å²) in [4.78, 5) is 4.26. The second-order valence-corrected chi connectivity index (χ2v) is 4.09. The summed E-state index contributed by atoms with van der Waals surface area (Å²) in [7, 11) is 1.14. The number of nitrogens with zero attached hydrogens (tertiary/aromatic N) is 1. The van der Waals surface area contributed by atoms with E-state index >= 15 is 0 Å². The molecule has 1 unspecified atom stereocenters. The monoisotopic (exact) mass is 177 g/mol. The molecule has 1 atom stereocenters. The Morgan fingerprint density at radius 2 is 2.08 bits per heavy atom. The summed E-state index contributed by atoms with van der Waals surface area (Å²) in [6, 6.07) is 10.5. The zero-order valence-corrected chi connectivity index (χ0v) is 9.70. The molecule has 12 heavy (non-hydrogen) atoms. The van der Waals surface area contributed by atoms with Gasteiger partial charge in [-0.3, -0.25) is 4.99 Å². The van der Waals surface area contributed by atoms with Crippen LogP contribution in [0.4, 0.5) is 0 Å². The second-order valence-electron chi connectivity index (χ2n) is 2.85. The average Bonchev–Trinajstić information content (AvgIpc) is 2.15. The van der Waals surface area contributed by atoms with Crippen LogP contribution in [0.1, 0.15) is 18.0 Å². The minimum absolute atomic E-state index is 0.575. The Hall–Kier alpha value is -0.893. The highest BCUT2D eigenvalue weighted by Crippen LogP contribution is 2.08. The van der Waals surface area contributed by atoms with E-state index in [1.54, 1.807) is 0 Å². The van der Waals surface area contributed by atoms with Crippen LogP contribution in [0.2, 0.25) is 0 Å². The van der Waals surface area contributed by atoms with Crippen LogP contribution >= 0.6 is 0 Å². The first kappa shape index (κ1) is 9.20. The van der Waals surface area contributed by atoms with Gasteiger partial charge in [-0.25, -0.2) is 0 Å². The van der Waals surface area contributed by atoms with E-state index in [2.05, 4.69) is 48.5 Å². The van der Waals surface area contributed by atoms with E-state index in [-0.39, 0.29) is 0 Å². The molecule has 1 aromatic carbocycles. The quantitative estimate of drug-likeness (QED) is 0.486. The smallest absolute Gasteiger partial charge is 0.0357 e. The van der Waals surface area contributed by atoms with Crippen molar-refractivity contribution in [3.63, 3.8) is 0 Å². The molecule has 0 aliphatic heterocycles. The normalized spacial score (nSPS) is 13.8. The maximum atomic E-state index is 4.26. The Morgan fingerprint density at radius 1 is 1.42 bits per heavy atom. The van der Waals surface area contributed by atoms with Crippen molar-refractivity contribution in [3.05, 3.63) is 35.9 Å². The Labute approximate surface area is 77.0 Å². The molecule has 0 bridgehead atoms. The predicted octanol–water partition coefficient (Wildman–Crippen LogP) is 1.18. The van der Waals surface area contributed by atoms with Gasteiger partial charge in [-0.2, -0.15) is 0 Å². The number of hydrogen-bond donors (Lipinski definition) is 0. The molecule has 0 N–H and O–H groups in total. The van der Waals surface area contributed by atoms with Crippen molar-refractivity contribution in [2.45, 2.75) is 12.5 Å². The van der Waals surface area contributed by atoms with Crippen LogP contribution in [0.15, 0.2) is 35.3 Å². The lowest BCUT2D eigenvalue weighted by Gasteiger charge is -2.04. The Kier molecular flexibility index (Phi) is 3.74. The number of rotatable bonds is 3. The summed E-state index contributed by atoms with van der Waals surface area (Å²) in [5, 5.41) is 0. The molecule has 0 aromatic heterocycles. The summed E-state index contributed by atoms with van der Waals surface area (Å²) < 4.78 is 0. The zero-order chi connectivity index (χ0) is 8.81. The highest BCUT2D eigenvalue weighted by atomic mass is 28.1. The first-order valence-electron chi connectivity index (χ1n) is 4.39. The zero-order valence-electron chi connectivity index (χ0n) is 7.70. The minimum Gasteiger partial charge on any atom is -0.298 e. The summed E-state index contributed by atoms with van der Waals surface area (Å²) in [5.41, 5.74) is 1.97. The third-order valence-electron chi connectivity index (χ3n) is 1.84. The molecule has 0 heterocycles. The molecule has 0 aliphatic carbocycles. The lowest BCUT2D eigenvalue weighted by atomic mass is 10.2. The molecule has 0 radical (unpaired) electrons. The van der Waals surface area contributed by atoms with Gasteiger partial charge in [0.15, 0.2) is 0 Å². The largest absolute Gasteiger partial charge is 0.298 e. The van der Waals surface area contributed by atoms with E-state index in [0.29, 0.717) is 5.54 Å². The SMILES string of the molecule is CCN=CC([SiH3])c1ccccc1. The Morgan fingerprint density at radius 3 is 2.67 bits per heavy atom. The van der Waals surface area contributed by atoms with Crippen LogP contribution in [0.3, 0.4) is 0 Å². The van der Waals surface area contributed by atoms with E-state index in [4.69, 9.17) is 0 Å². The van der Waals surface area contributed by atoms with Crippen molar-refractivity contribution in [2.75, 3.05) is 6.54 Å². The fourth-order valence-electron chi connectivity index (χ4n) is 1.11. The van der Waals surface area contributed by atoms with Crippen LogP contribution in [0.5, 0.6) is 0 Å². The minimum atomic E-state index is 0.575. The van der Waals surface area contributed by atoms with Crippen molar-refractivity contribution >= 4 is 16.5 Å². The summed E-state index contributed by atoms with van der Waals surface area (Å²) >= 11 is 0. The van der Waals surface area contributed by atoms with Crippen molar-refractivity contribution in [1.82, 2.24) is 0 Å². The maximum absolute atomic E-state index is 4.26. The van der Waals surface area contributed by atoms with Gasteiger partial charge in [-0.15, -0.1) is 0 Å². The predicted molar refractivity (Wildman–Crippen MR) is 58.2 cm³/mol. The molecule has 0 aliphatic rings. The Balaban J connectivity index is 2.65. The van der Waals surface area contributed by atoms with Crippen LogP contribution < -0.4 is 0 Å². The van der Waals surface area contributed by atoms with Gasteiger partial charge in [-0.05, 0) is 12.5 Å². The van der Waals surface area contributed by atoms with Gasteiger partial charge in [0.2, 0.25) is 0 Å². The van der Waals surface area contributed by atoms with Gasteiger partial charge in [0, 0.05) is 28.5 Å². The van der Waals surface area contributed by atoms with Crippen molar-refractivity contribution in [2.24, 2.45) is 4.99 Å². The highest BCUT2D eigenvalue weighted by Gasteiger charge is 1.98. The second kappa shape index (κ2) is 4.88. The Bertz CT molecular complexity index is 243. The van der Waals surface area contributed by atoms with Crippen LogP contribution in [-0.2, 0) is 0 Å². The summed E-state index contributed by atoms with van der Waals surface area (Å²) in [6.45, 7) is 2.96. The van der Waals surface area contributed by atoms with Crippen LogP contribution in [0, 0.1) is 0 Å². The lowest BCUT2D eigenvalue weighted by molar-refractivity contribution is 1.12. The standard InChI is InChI=1S/C10H15NSi/c1-2-11-8-10(12)9-6-4-3-5-7-9/h3-8,10H,2H2,1,12H3. The van der Waals surface area contributed by atoms with E-state index in [1.165, 1.54) is 5.56 Å². The maximum Gasteiger partial charge on any atom is 0.0357 e. The molecule has 0 saturated heterocycles. The molecule has 0 spiro atoms.